The Kier molecular flexibility index (Phi) is 2.39. The summed E-state index contributed by atoms with van der Waals surface area (Å²) in [7, 11) is 1.42. The SMILES string of the molecule is CN[Se](=O)(=O)c1ccccc1. The number of nitrogens with one attached hydrogen (secondary N) is 1. The van der Waals surface area contributed by atoms with E-state index >= 15 is 0 Å². The van der Waals surface area contributed by atoms with Crippen LogP contribution in [0.1, 0.15) is 0 Å². The molecule has 0 saturated heterocycles. The van der Waals surface area contributed by atoms with Crippen LogP contribution in [0, 0.1) is 0 Å². The summed E-state index contributed by atoms with van der Waals surface area (Å²) in [6.45, 7) is 0. The second kappa shape index (κ2) is 3.13. The van der Waals surface area contributed by atoms with Gasteiger partial charge in [0, 0.05) is 0 Å². The van der Waals surface area contributed by atoms with Crippen LogP contribution >= 0.6 is 0 Å². The molecule has 0 atom stereocenters. The van der Waals surface area contributed by atoms with Crippen molar-refractivity contribution in [3.05, 3.63) is 30.3 Å². The van der Waals surface area contributed by atoms with Crippen molar-refractivity contribution in [2.24, 2.45) is 0 Å². The van der Waals surface area contributed by atoms with Crippen molar-refractivity contribution in [3.8, 4) is 0 Å². The van der Waals surface area contributed by atoms with Gasteiger partial charge < -0.3 is 0 Å². The standard InChI is InChI=1S/C7H9NO2Se/c1-8-11(9,10)7-5-3-2-4-6-7/h2-6,8H,1H3. The first kappa shape index (κ1) is 8.40. The quantitative estimate of drug-likeness (QED) is 0.706. The molecule has 0 radical (unpaired) electrons. The van der Waals surface area contributed by atoms with Crippen LogP contribution < -0.4 is 8.79 Å². The third-order valence-corrected chi connectivity index (χ3v) is 4.32. The van der Waals surface area contributed by atoms with E-state index < -0.39 is 12.9 Å². The Morgan fingerprint density at radius 1 is 1.18 bits per heavy atom. The topological polar surface area (TPSA) is 46.2 Å². The molecule has 1 rings (SSSR count). The monoisotopic (exact) mass is 219 g/mol. The first-order chi connectivity index (χ1) is 5.17. The van der Waals surface area contributed by atoms with Gasteiger partial charge in [0.25, 0.3) is 0 Å². The molecule has 60 valence electrons. The molecule has 0 aliphatic carbocycles. The zero-order valence-electron chi connectivity index (χ0n) is 6.11. The summed E-state index contributed by atoms with van der Waals surface area (Å²) < 4.78 is 25.0. The van der Waals surface area contributed by atoms with Crippen molar-refractivity contribution in [1.29, 1.82) is 0 Å². The van der Waals surface area contributed by atoms with Crippen LogP contribution in [0.15, 0.2) is 30.3 Å². The van der Waals surface area contributed by atoms with Crippen molar-refractivity contribution in [2.45, 2.75) is 0 Å². The normalized spacial score (nSPS) is 11.4. The van der Waals surface area contributed by atoms with E-state index in [2.05, 4.69) is 4.33 Å². The van der Waals surface area contributed by atoms with Crippen molar-refractivity contribution >= 4 is 17.4 Å². The van der Waals surface area contributed by atoms with Crippen molar-refractivity contribution in [1.82, 2.24) is 4.33 Å². The maximum absolute atomic E-state index is 11.2. The van der Waals surface area contributed by atoms with Crippen LogP contribution in [0.4, 0.5) is 0 Å². The summed E-state index contributed by atoms with van der Waals surface area (Å²) >= 11 is -3.98. The Hall–Kier alpha value is -0.701. The fourth-order valence-electron chi connectivity index (χ4n) is 0.717. The average Bonchev–Trinajstić information content (AvgIpc) is 2.06. The third kappa shape index (κ3) is 1.87. The van der Waals surface area contributed by atoms with Gasteiger partial charge in [0.05, 0.1) is 0 Å². The van der Waals surface area contributed by atoms with Crippen molar-refractivity contribution < 1.29 is 7.67 Å². The van der Waals surface area contributed by atoms with Crippen molar-refractivity contribution in [2.75, 3.05) is 7.05 Å². The molecule has 1 aromatic rings. The predicted octanol–water partition coefficient (Wildman–Crippen LogP) is -0.0871. The van der Waals surface area contributed by atoms with Gasteiger partial charge in [-0.2, -0.15) is 0 Å². The molecule has 0 unspecified atom stereocenters. The Morgan fingerprint density at radius 3 is 2.18 bits per heavy atom. The summed E-state index contributed by atoms with van der Waals surface area (Å²) in [5.41, 5.74) is 0. The van der Waals surface area contributed by atoms with Crippen LogP contribution in [0.3, 0.4) is 0 Å². The van der Waals surface area contributed by atoms with Gasteiger partial charge in [0.2, 0.25) is 0 Å². The molecule has 0 aliphatic rings. The summed E-state index contributed by atoms with van der Waals surface area (Å²) in [6.07, 6.45) is 0. The molecule has 0 aliphatic heterocycles. The van der Waals surface area contributed by atoms with Crippen LogP contribution in [0.25, 0.3) is 0 Å². The van der Waals surface area contributed by atoms with E-state index in [1.165, 1.54) is 7.05 Å². The zero-order valence-corrected chi connectivity index (χ0v) is 7.82. The first-order valence-corrected chi connectivity index (χ1v) is 6.26. The molecule has 0 bridgehead atoms. The van der Waals surface area contributed by atoms with Gasteiger partial charge in [0.1, 0.15) is 0 Å². The Balaban J connectivity index is 3.14. The molecular formula is C7H9NO2Se. The maximum atomic E-state index is 11.2. The number of rotatable bonds is 2. The van der Waals surface area contributed by atoms with Crippen molar-refractivity contribution in [3.63, 3.8) is 0 Å². The van der Waals surface area contributed by atoms with Gasteiger partial charge in [-0.3, -0.25) is 0 Å². The van der Waals surface area contributed by atoms with Gasteiger partial charge in [-0.1, -0.05) is 0 Å². The Bertz CT molecular complexity index is 318. The summed E-state index contributed by atoms with van der Waals surface area (Å²) in [6, 6.07) is 8.35. The van der Waals surface area contributed by atoms with E-state index in [0.717, 1.165) is 0 Å². The zero-order chi connectivity index (χ0) is 8.32. The molecule has 1 aromatic carbocycles. The number of hydrogen-bond donors (Lipinski definition) is 1. The van der Waals surface area contributed by atoms with Gasteiger partial charge in [-0.25, -0.2) is 0 Å². The fourth-order valence-corrected chi connectivity index (χ4v) is 2.29. The second-order valence-electron chi connectivity index (χ2n) is 2.02. The Morgan fingerprint density at radius 2 is 1.73 bits per heavy atom. The van der Waals surface area contributed by atoms with E-state index in [1.807, 2.05) is 0 Å². The molecule has 0 aromatic heterocycles. The summed E-state index contributed by atoms with van der Waals surface area (Å²) in [5, 5.41) is 0. The minimum absolute atomic E-state index is 0.367. The minimum atomic E-state index is -3.98. The summed E-state index contributed by atoms with van der Waals surface area (Å²) in [5.74, 6) is 0. The van der Waals surface area contributed by atoms with E-state index in [1.54, 1.807) is 30.3 Å². The molecule has 0 fully saturated rings. The Labute approximate surface area is 67.3 Å². The fraction of sp³-hybridized carbons (Fsp3) is 0.143. The third-order valence-electron chi connectivity index (χ3n) is 1.32. The van der Waals surface area contributed by atoms with Crippen LogP contribution in [0.2, 0.25) is 0 Å². The second-order valence-corrected chi connectivity index (χ2v) is 5.98. The van der Waals surface area contributed by atoms with E-state index in [9.17, 15) is 7.67 Å². The van der Waals surface area contributed by atoms with Crippen LogP contribution in [-0.2, 0) is 7.67 Å². The molecule has 0 heterocycles. The number of hydrogen-bond acceptors (Lipinski definition) is 2. The van der Waals surface area contributed by atoms with Gasteiger partial charge >= 0.3 is 66.8 Å². The summed E-state index contributed by atoms with van der Waals surface area (Å²) in [4.78, 5) is 0. The molecule has 0 amide bonds. The molecule has 3 nitrogen and oxygen atoms in total. The predicted molar refractivity (Wildman–Crippen MR) is 42.3 cm³/mol. The van der Waals surface area contributed by atoms with Gasteiger partial charge in [0.15, 0.2) is 0 Å². The van der Waals surface area contributed by atoms with E-state index in [0.29, 0.717) is 4.46 Å². The number of benzene rings is 1. The van der Waals surface area contributed by atoms with Crippen LogP contribution in [0.5, 0.6) is 0 Å². The molecular weight excluding hydrogens is 209 g/mol. The average molecular weight is 218 g/mol. The van der Waals surface area contributed by atoms with Gasteiger partial charge in [-0.05, 0) is 0 Å². The van der Waals surface area contributed by atoms with Gasteiger partial charge in [-0.15, -0.1) is 0 Å². The molecule has 0 saturated carbocycles. The molecule has 1 N–H and O–H groups in total. The van der Waals surface area contributed by atoms with E-state index in [4.69, 9.17) is 0 Å². The van der Waals surface area contributed by atoms with Crippen LogP contribution in [-0.4, -0.2) is 20.0 Å². The molecule has 0 spiro atoms. The molecule has 11 heavy (non-hydrogen) atoms. The molecule has 4 heteroatoms. The first-order valence-electron chi connectivity index (χ1n) is 3.15. The van der Waals surface area contributed by atoms with E-state index in [-0.39, 0.29) is 0 Å².